The second-order valence-electron chi connectivity index (χ2n) is 3.20. The summed E-state index contributed by atoms with van der Waals surface area (Å²) in [4.78, 5) is 11.6. The molecule has 0 spiro atoms. The molecule has 84 valence electrons. The Bertz CT molecular complexity index is 370. The molecule has 0 saturated heterocycles. The van der Waals surface area contributed by atoms with Gasteiger partial charge in [0.1, 0.15) is 12.3 Å². The molecule has 16 heavy (non-hydrogen) atoms. The van der Waals surface area contributed by atoms with Crippen LogP contribution in [0.4, 0.5) is 0 Å². The first-order valence-corrected chi connectivity index (χ1v) is 5.14. The Balaban J connectivity index is 2.56. The summed E-state index contributed by atoms with van der Waals surface area (Å²) >= 11 is 0. The number of ether oxygens (including phenoxy) is 1. The Hall–Kier alpha value is -2.02. The molecule has 0 radical (unpaired) electrons. The zero-order valence-corrected chi connectivity index (χ0v) is 9.14. The van der Waals surface area contributed by atoms with Crippen molar-refractivity contribution in [3.63, 3.8) is 0 Å². The summed E-state index contributed by atoms with van der Waals surface area (Å²) in [6.45, 7) is 1.87. The van der Waals surface area contributed by atoms with Crippen LogP contribution in [0.5, 0.6) is 5.75 Å². The monoisotopic (exact) mass is 218 g/mol. The number of benzene rings is 1. The maximum absolute atomic E-state index is 11.6. The third-order valence-electron chi connectivity index (χ3n) is 2.03. The number of nitrogens with zero attached hydrogens (tertiary/aromatic N) is 1. The van der Waals surface area contributed by atoms with Crippen molar-refractivity contribution in [2.24, 2.45) is 0 Å². The van der Waals surface area contributed by atoms with Crippen LogP contribution in [0.1, 0.15) is 13.3 Å². The van der Waals surface area contributed by atoms with Crippen LogP contribution in [0, 0.1) is 11.3 Å². The predicted molar refractivity (Wildman–Crippen MR) is 59.8 cm³/mol. The van der Waals surface area contributed by atoms with Crippen LogP contribution in [0.25, 0.3) is 0 Å². The van der Waals surface area contributed by atoms with Crippen molar-refractivity contribution in [3.8, 4) is 11.8 Å². The van der Waals surface area contributed by atoms with E-state index in [0.717, 1.165) is 0 Å². The van der Waals surface area contributed by atoms with Gasteiger partial charge in [0, 0.05) is 0 Å². The summed E-state index contributed by atoms with van der Waals surface area (Å²) in [6.07, 6.45) is 0.0161. The fourth-order valence-corrected chi connectivity index (χ4v) is 1.23. The summed E-state index contributed by atoms with van der Waals surface area (Å²) in [7, 11) is 0. The fourth-order valence-electron chi connectivity index (χ4n) is 1.23. The average Bonchev–Trinajstić information content (AvgIpc) is 2.34. The highest BCUT2D eigenvalue weighted by molar-refractivity contribution is 5.81. The first-order chi connectivity index (χ1) is 7.77. The second kappa shape index (κ2) is 6.46. The largest absolute Gasteiger partial charge is 0.481 e. The molecule has 1 amide bonds. The number of amides is 1. The normalized spacial score (nSPS) is 11.2. The van der Waals surface area contributed by atoms with Gasteiger partial charge in [-0.3, -0.25) is 4.79 Å². The van der Waals surface area contributed by atoms with Gasteiger partial charge in [0.2, 0.25) is 0 Å². The SMILES string of the molecule is CC[C@H](Oc1ccccc1)C(=O)NCC#N. The van der Waals surface area contributed by atoms with Crippen LogP contribution in [0.2, 0.25) is 0 Å². The molecule has 0 unspecified atom stereocenters. The van der Waals surface area contributed by atoms with Crippen molar-refractivity contribution in [3.05, 3.63) is 30.3 Å². The van der Waals surface area contributed by atoms with Gasteiger partial charge in [-0.15, -0.1) is 0 Å². The number of carbonyl (C=O) groups excluding carboxylic acids is 1. The van der Waals surface area contributed by atoms with Crippen molar-refractivity contribution >= 4 is 5.91 Å². The third-order valence-corrected chi connectivity index (χ3v) is 2.03. The van der Waals surface area contributed by atoms with Gasteiger partial charge >= 0.3 is 0 Å². The topological polar surface area (TPSA) is 62.1 Å². The van der Waals surface area contributed by atoms with Gasteiger partial charge in [-0.2, -0.15) is 5.26 Å². The van der Waals surface area contributed by atoms with Crippen LogP contribution >= 0.6 is 0 Å². The minimum Gasteiger partial charge on any atom is -0.481 e. The fraction of sp³-hybridized carbons (Fsp3) is 0.333. The Morgan fingerprint density at radius 2 is 2.19 bits per heavy atom. The van der Waals surface area contributed by atoms with Gasteiger partial charge in [-0.1, -0.05) is 25.1 Å². The van der Waals surface area contributed by atoms with Crippen molar-refractivity contribution in [2.45, 2.75) is 19.4 Å². The van der Waals surface area contributed by atoms with Crippen molar-refractivity contribution < 1.29 is 9.53 Å². The minimum absolute atomic E-state index is 0.00742. The summed E-state index contributed by atoms with van der Waals surface area (Å²) < 4.78 is 5.50. The lowest BCUT2D eigenvalue weighted by atomic mass is 10.2. The minimum atomic E-state index is -0.546. The van der Waals surface area contributed by atoms with Crippen molar-refractivity contribution in [1.29, 1.82) is 5.26 Å². The van der Waals surface area contributed by atoms with E-state index in [9.17, 15) is 4.79 Å². The first-order valence-electron chi connectivity index (χ1n) is 5.14. The Morgan fingerprint density at radius 3 is 2.75 bits per heavy atom. The van der Waals surface area contributed by atoms with E-state index in [-0.39, 0.29) is 12.5 Å². The molecule has 1 aromatic rings. The van der Waals surface area contributed by atoms with Crippen molar-refractivity contribution in [1.82, 2.24) is 5.32 Å². The summed E-state index contributed by atoms with van der Waals surface area (Å²) in [6, 6.07) is 11.0. The van der Waals surface area contributed by atoms with E-state index in [0.29, 0.717) is 12.2 Å². The number of rotatable bonds is 5. The maximum atomic E-state index is 11.6. The highest BCUT2D eigenvalue weighted by Crippen LogP contribution is 2.12. The first kappa shape index (κ1) is 12.1. The summed E-state index contributed by atoms with van der Waals surface area (Å²) in [5, 5.41) is 10.8. The van der Waals surface area contributed by atoms with Crippen LogP contribution in [-0.2, 0) is 4.79 Å². The highest BCUT2D eigenvalue weighted by atomic mass is 16.5. The van der Waals surface area contributed by atoms with Gasteiger partial charge in [0.15, 0.2) is 6.10 Å². The zero-order valence-electron chi connectivity index (χ0n) is 9.14. The molecule has 4 nitrogen and oxygen atoms in total. The highest BCUT2D eigenvalue weighted by Gasteiger charge is 2.17. The molecular formula is C12H14N2O2. The van der Waals surface area contributed by atoms with E-state index in [1.807, 2.05) is 31.2 Å². The number of hydrogen-bond acceptors (Lipinski definition) is 3. The third kappa shape index (κ3) is 3.62. The lowest BCUT2D eigenvalue weighted by molar-refractivity contribution is -0.127. The molecule has 0 aliphatic heterocycles. The molecule has 0 bridgehead atoms. The standard InChI is InChI=1S/C12H14N2O2/c1-2-11(12(15)14-9-8-13)16-10-6-4-3-5-7-10/h3-7,11H,2,9H2,1H3,(H,14,15)/t11-/m0/s1. The average molecular weight is 218 g/mol. The second-order valence-corrected chi connectivity index (χ2v) is 3.20. The van der Waals surface area contributed by atoms with Crippen LogP contribution < -0.4 is 10.1 Å². The molecule has 4 heteroatoms. The van der Waals surface area contributed by atoms with Gasteiger partial charge in [-0.25, -0.2) is 0 Å². The van der Waals surface area contributed by atoms with Crippen LogP contribution in [0.3, 0.4) is 0 Å². The number of nitrogens with one attached hydrogen (secondary N) is 1. The van der Waals surface area contributed by atoms with E-state index < -0.39 is 6.10 Å². The quantitative estimate of drug-likeness (QED) is 0.761. The van der Waals surface area contributed by atoms with Crippen LogP contribution in [-0.4, -0.2) is 18.6 Å². The summed E-state index contributed by atoms with van der Waals surface area (Å²) in [5.41, 5.74) is 0. The van der Waals surface area contributed by atoms with Gasteiger partial charge in [-0.05, 0) is 18.6 Å². The van der Waals surface area contributed by atoms with Crippen molar-refractivity contribution in [2.75, 3.05) is 6.54 Å². The van der Waals surface area contributed by atoms with E-state index >= 15 is 0 Å². The van der Waals surface area contributed by atoms with Gasteiger partial charge < -0.3 is 10.1 Å². The number of para-hydroxylation sites is 1. The smallest absolute Gasteiger partial charge is 0.261 e. The molecule has 1 atom stereocenters. The van der Waals surface area contributed by atoms with E-state index in [1.165, 1.54) is 0 Å². The predicted octanol–water partition coefficient (Wildman–Crippen LogP) is 1.48. The Labute approximate surface area is 94.8 Å². The molecule has 0 aliphatic carbocycles. The maximum Gasteiger partial charge on any atom is 0.261 e. The van der Waals surface area contributed by atoms with E-state index in [4.69, 9.17) is 10.00 Å². The molecule has 0 saturated carbocycles. The molecule has 1 rings (SSSR count). The van der Waals surface area contributed by atoms with E-state index in [2.05, 4.69) is 5.32 Å². The number of nitriles is 1. The summed E-state index contributed by atoms with van der Waals surface area (Å²) in [5.74, 6) is 0.398. The number of hydrogen-bond donors (Lipinski definition) is 1. The van der Waals surface area contributed by atoms with Gasteiger partial charge in [0.25, 0.3) is 5.91 Å². The molecule has 1 N–H and O–H groups in total. The molecule has 0 heterocycles. The molecule has 1 aromatic carbocycles. The molecule has 0 aromatic heterocycles. The molecule has 0 aliphatic rings. The van der Waals surface area contributed by atoms with E-state index in [1.54, 1.807) is 12.1 Å². The molecule has 0 fully saturated rings. The Morgan fingerprint density at radius 1 is 1.50 bits per heavy atom. The Kier molecular flexibility index (Phi) is 4.87. The lowest BCUT2D eigenvalue weighted by Gasteiger charge is -2.16. The number of carbonyl (C=O) groups is 1. The van der Waals surface area contributed by atoms with Gasteiger partial charge in [0.05, 0.1) is 6.07 Å². The lowest BCUT2D eigenvalue weighted by Crippen LogP contribution is -2.38. The molecular weight excluding hydrogens is 204 g/mol. The zero-order chi connectivity index (χ0) is 11.8. The van der Waals surface area contributed by atoms with Crippen LogP contribution in [0.15, 0.2) is 30.3 Å².